The molecule has 2 N–H and O–H groups in total. The van der Waals surface area contributed by atoms with E-state index in [1.807, 2.05) is 12.1 Å². The molecule has 5 nitrogen and oxygen atoms in total. The number of hydrogen-bond donors (Lipinski definition) is 1. The molecule has 0 bridgehead atoms. The fourth-order valence-corrected chi connectivity index (χ4v) is 2.87. The molecule has 0 saturated carbocycles. The van der Waals surface area contributed by atoms with E-state index < -0.39 is 0 Å². The number of benzene rings is 1. The van der Waals surface area contributed by atoms with Crippen LogP contribution in [0.4, 0.5) is 0 Å². The summed E-state index contributed by atoms with van der Waals surface area (Å²) in [5.41, 5.74) is 6.56. The molecule has 0 aliphatic rings. The summed E-state index contributed by atoms with van der Waals surface area (Å²) >= 11 is 1.59. The summed E-state index contributed by atoms with van der Waals surface area (Å²) in [5.74, 6) is 1.50. The summed E-state index contributed by atoms with van der Waals surface area (Å²) in [6.07, 6.45) is 0.983. The van der Waals surface area contributed by atoms with Crippen molar-refractivity contribution in [3.8, 4) is 11.5 Å². The number of fused-ring (bicyclic) bond motifs is 1. The Morgan fingerprint density at radius 1 is 1.33 bits per heavy atom. The maximum absolute atomic E-state index is 5.86. The summed E-state index contributed by atoms with van der Waals surface area (Å²) in [5, 5.41) is 0.925. The van der Waals surface area contributed by atoms with E-state index in [1.165, 1.54) is 0 Å². The van der Waals surface area contributed by atoms with E-state index in [1.54, 1.807) is 18.4 Å². The number of thiazole rings is 1. The molecule has 116 valence electrons. The van der Waals surface area contributed by atoms with Crippen molar-refractivity contribution in [1.82, 2.24) is 9.88 Å². The second-order valence-corrected chi connectivity index (χ2v) is 6.00. The topological polar surface area (TPSA) is 60.6 Å². The maximum atomic E-state index is 5.86. The molecule has 0 spiro atoms. The molecule has 1 aromatic carbocycles. The van der Waals surface area contributed by atoms with E-state index in [9.17, 15) is 0 Å². The van der Waals surface area contributed by atoms with Gasteiger partial charge >= 0.3 is 0 Å². The maximum Gasteiger partial charge on any atom is 0.163 e. The molecule has 6 heteroatoms. The van der Waals surface area contributed by atoms with Crippen molar-refractivity contribution in [3.63, 3.8) is 0 Å². The highest BCUT2D eigenvalue weighted by atomic mass is 32.1. The van der Waals surface area contributed by atoms with Crippen LogP contribution in [0.3, 0.4) is 0 Å². The lowest BCUT2D eigenvalue weighted by Crippen LogP contribution is -2.20. The normalized spacial score (nSPS) is 11.3. The molecular weight excluding hydrogens is 286 g/mol. The van der Waals surface area contributed by atoms with Gasteiger partial charge in [0.05, 0.1) is 23.9 Å². The van der Waals surface area contributed by atoms with E-state index >= 15 is 0 Å². The lowest BCUT2D eigenvalue weighted by molar-refractivity contribution is 0.258. The zero-order chi connectivity index (χ0) is 15.2. The quantitative estimate of drug-likeness (QED) is 0.759. The highest BCUT2D eigenvalue weighted by molar-refractivity contribution is 7.18. The Labute approximate surface area is 129 Å². The van der Waals surface area contributed by atoms with Crippen LogP contribution in [0.1, 0.15) is 18.4 Å². The van der Waals surface area contributed by atoms with E-state index in [-0.39, 0.29) is 0 Å². The minimum atomic E-state index is 0.460. The Morgan fingerprint density at radius 3 is 2.81 bits per heavy atom. The molecule has 0 unspecified atom stereocenters. The van der Waals surface area contributed by atoms with E-state index in [4.69, 9.17) is 15.2 Å². The fourth-order valence-electron chi connectivity index (χ4n) is 2.02. The highest BCUT2D eigenvalue weighted by Gasteiger charge is 2.11. The molecule has 1 aromatic heterocycles. The van der Waals surface area contributed by atoms with Gasteiger partial charge < -0.3 is 20.1 Å². The molecule has 0 fully saturated rings. The van der Waals surface area contributed by atoms with Gasteiger partial charge in [-0.25, -0.2) is 4.98 Å². The third kappa shape index (κ3) is 4.06. The van der Waals surface area contributed by atoms with Crippen LogP contribution in [-0.2, 0) is 6.54 Å². The first-order valence-electron chi connectivity index (χ1n) is 7.16. The summed E-state index contributed by atoms with van der Waals surface area (Å²) in [6, 6.07) is 3.91. The monoisotopic (exact) mass is 309 g/mol. The molecule has 0 radical (unpaired) electrons. The van der Waals surface area contributed by atoms with Gasteiger partial charge in [0, 0.05) is 25.2 Å². The highest BCUT2D eigenvalue weighted by Crippen LogP contribution is 2.34. The lowest BCUT2D eigenvalue weighted by atomic mass is 10.3. The molecule has 0 aliphatic heterocycles. The number of aromatic nitrogens is 1. The van der Waals surface area contributed by atoms with Gasteiger partial charge in [0.2, 0.25) is 0 Å². The number of methoxy groups -OCH3 is 1. The number of ether oxygens (including phenoxy) is 2. The van der Waals surface area contributed by atoms with Gasteiger partial charge in [-0.15, -0.1) is 11.3 Å². The largest absolute Gasteiger partial charge is 0.493 e. The molecule has 0 aliphatic carbocycles. The number of nitrogens with zero attached hydrogens (tertiary/aromatic N) is 2. The van der Waals surface area contributed by atoms with Crippen molar-refractivity contribution >= 4 is 21.6 Å². The standard InChI is InChI=1S/C15H23N3O2S/c1-4-18(2)6-5-7-20-13-8-11-14(9-12(13)19-3)21-15(10-16)17-11/h8-9H,4-7,10,16H2,1-3H3. The second-order valence-electron chi connectivity index (χ2n) is 4.88. The fraction of sp³-hybridized carbons (Fsp3) is 0.533. The van der Waals surface area contributed by atoms with Crippen LogP contribution in [0, 0.1) is 0 Å². The predicted molar refractivity (Wildman–Crippen MR) is 87.3 cm³/mol. The Balaban J connectivity index is 2.07. The first kappa shape index (κ1) is 16.0. The molecule has 2 rings (SSSR count). The molecule has 0 atom stereocenters. The van der Waals surface area contributed by atoms with Gasteiger partial charge in [-0.1, -0.05) is 6.92 Å². The molecule has 0 saturated heterocycles. The van der Waals surface area contributed by atoms with Crippen LogP contribution in [0.2, 0.25) is 0 Å². The van der Waals surface area contributed by atoms with Crippen molar-refractivity contribution in [2.24, 2.45) is 5.73 Å². The molecular formula is C15H23N3O2S. The van der Waals surface area contributed by atoms with Gasteiger partial charge in [0.15, 0.2) is 11.5 Å². The first-order chi connectivity index (χ1) is 10.2. The predicted octanol–water partition coefficient (Wildman–Crippen LogP) is 2.48. The molecule has 2 aromatic rings. The van der Waals surface area contributed by atoms with Crippen molar-refractivity contribution in [2.45, 2.75) is 19.9 Å². The average Bonchev–Trinajstić information content (AvgIpc) is 2.92. The summed E-state index contributed by atoms with van der Waals surface area (Å²) in [7, 11) is 3.76. The summed E-state index contributed by atoms with van der Waals surface area (Å²) < 4.78 is 12.3. The van der Waals surface area contributed by atoms with Crippen molar-refractivity contribution in [2.75, 3.05) is 33.9 Å². The van der Waals surface area contributed by atoms with E-state index in [0.29, 0.717) is 13.2 Å². The Morgan fingerprint density at radius 2 is 2.14 bits per heavy atom. The number of hydrogen-bond acceptors (Lipinski definition) is 6. The average molecular weight is 309 g/mol. The first-order valence-corrected chi connectivity index (χ1v) is 7.98. The Kier molecular flexibility index (Phi) is 5.78. The Hall–Kier alpha value is -1.37. The van der Waals surface area contributed by atoms with Gasteiger partial charge in [0.1, 0.15) is 5.01 Å². The van der Waals surface area contributed by atoms with Crippen LogP contribution >= 0.6 is 11.3 Å². The van der Waals surface area contributed by atoms with Crippen LogP contribution in [-0.4, -0.2) is 43.7 Å². The molecule has 21 heavy (non-hydrogen) atoms. The molecule has 0 amide bonds. The van der Waals surface area contributed by atoms with Crippen LogP contribution in [0.15, 0.2) is 12.1 Å². The van der Waals surface area contributed by atoms with Crippen molar-refractivity contribution in [3.05, 3.63) is 17.1 Å². The SMILES string of the molecule is CCN(C)CCCOc1cc2nc(CN)sc2cc1OC. The summed E-state index contributed by atoms with van der Waals surface area (Å²) in [6.45, 7) is 5.35. The Bertz CT molecular complexity index is 586. The van der Waals surface area contributed by atoms with Gasteiger partial charge in [-0.2, -0.15) is 0 Å². The van der Waals surface area contributed by atoms with Gasteiger partial charge in [0.25, 0.3) is 0 Å². The number of rotatable bonds is 8. The zero-order valence-electron chi connectivity index (χ0n) is 12.9. The minimum absolute atomic E-state index is 0.460. The van der Waals surface area contributed by atoms with Gasteiger partial charge in [-0.3, -0.25) is 0 Å². The lowest BCUT2D eigenvalue weighted by Gasteiger charge is -2.14. The van der Waals surface area contributed by atoms with Gasteiger partial charge in [-0.05, 0) is 20.0 Å². The van der Waals surface area contributed by atoms with E-state index in [0.717, 1.165) is 46.2 Å². The smallest absolute Gasteiger partial charge is 0.163 e. The third-order valence-corrected chi connectivity index (χ3v) is 4.41. The zero-order valence-corrected chi connectivity index (χ0v) is 13.7. The third-order valence-electron chi connectivity index (χ3n) is 3.37. The number of nitrogens with two attached hydrogens (primary N) is 1. The van der Waals surface area contributed by atoms with Crippen LogP contribution in [0.25, 0.3) is 10.2 Å². The van der Waals surface area contributed by atoms with Crippen molar-refractivity contribution in [1.29, 1.82) is 0 Å². The van der Waals surface area contributed by atoms with Crippen LogP contribution < -0.4 is 15.2 Å². The summed E-state index contributed by atoms with van der Waals surface area (Å²) in [4.78, 5) is 6.75. The van der Waals surface area contributed by atoms with Crippen LogP contribution in [0.5, 0.6) is 11.5 Å². The van der Waals surface area contributed by atoms with E-state index in [2.05, 4.69) is 23.9 Å². The molecule has 1 heterocycles. The van der Waals surface area contributed by atoms with Crippen molar-refractivity contribution < 1.29 is 9.47 Å². The minimum Gasteiger partial charge on any atom is -0.493 e. The second kappa shape index (κ2) is 7.59.